The predicted octanol–water partition coefficient (Wildman–Crippen LogP) is 2.59. The van der Waals surface area contributed by atoms with Gasteiger partial charge in [0.15, 0.2) is 0 Å². The van der Waals surface area contributed by atoms with Crippen LogP contribution in [0.25, 0.3) is 0 Å². The van der Waals surface area contributed by atoms with Crippen LogP contribution in [0.15, 0.2) is 23.2 Å². The Bertz CT molecular complexity index is 345. The fourth-order valence-electron chi connectivity index (χ4n) is 0.989. The smallest absolute Gasteiger partial charge is 0.240 e. The molecule has 0 spiro atoms. The third-order valence-corrected chi connectivity index (χ3v) is 1.65. The summed E-state index contributed by atoms with van der Waals surface area (Å²) in [4.78, 5) is 13.2. The van der Waals surface area contributed by atoms with E-state index >= 15 is 0 Å². The van der Waals surface area contributed by atoms with E-state index in [1.54, 1.807) is 0 Å². The van der Waals surface area contributed by atoms with Gasteiger partial charge in [-0.3, -0.25) is 0 Å². The molecule has 1 aromatic carbocycles. The fraction of sp³-hybridized carbons (Fsp3) is 0.222. The largest absolute Gasteiger partial charge is 0.246 e. The topological polar surface area (TPSA) is 29.4 Å². The maximum absolute atomic E-state index is 12.3. The number of carbonyl (C=O) groups excluding carboxylic acids is 1. The van der Waals surface area contributed by atoms with E-state index in [4.69, 9.17) is 0 Å². The number of hydrogen-bond donors (Lipinski definition) is 0. The van der Waals surface area contributed by atoms with Crippen molar-refractivity contribution in [3.05, 3.63) is 29.3 Å². The fourth-order valence-corrected chi connectivity index (χ4v) is 0.989. The molecule has 1 rings (SSSR count). The second kappa shape index (κ2) is 4.48. The molecule has 0 saturated heterocycles. The van der Waals surface area contributed by atoms with E-state index < -0.39 is 13.3 Å². The van der Waals surface area contributed by atoms with Crippen LogP contribution in [-0.4, -0.2) is 6.08 Å². The van der Waals surface area contributed by atoms with Crippen molar-refractivity contribution >= 4 is 11.8 Å². The van der Waals surface area contributed by atoms with Crippen LogP contribution in [0.3, 0.4) is 0 Å². The first-order chi connectivity index (χ1) is 6.31. The van der Waals surface area contributed by atoms with Gasteiger partial charge in [0.2, 0.25) is 6.08 Å². The number of alkyl halides is 2. The lowest BCUT2D eigenvalue weighted by Crippen LogP contribution is -1.87. The minimum Gasteiger partial charge on any atom is -0.246 e. The summed E-state index contributed by atoms with van der Waals surface area (Å²) in [7, 11) is 0. The summed E-state index contributed by atoms with van der Waals surface area (Å²) in [5.41, 5.74) is 0.797. The summed E-state index contributed by atoms with van der Waals surface area (Å²) < 4.78 is 24.5. The van der Waals surface area contributed by atoms with Crippen molar-refractivity contribution in [2.75, 3.05) is 0 Å². The number of nitrogens with zero attached hydrogens (tertiary/aromatic N) is 1. The quantitative estimate of drug-likeness (QED) is 0.523. The van der Waals surface area contributed by atoms with E-state index in [2.05, 4.69) is 4.99 Å². The van der Waals surface area contributed by atoms with E-state index in [0.717, 1.165) is 0 Å². The second-order valence-electron chi connectivity index (χ2n) is 2.42. The Morgan fingerprint density at radius 1 is 1.23 bits per heavy atom. The number of hydrogen-bond acceptors (Lipinski definition) is 2. The summed E-state index contributed by atoms with van der Waals surface area (Å²) >= 11 is 0. The van der Waals surface area contributed by atoms with Crippen LogP contribution in [0.2, 0.25) is 0 Å². The molecule has 0 heterocycles. The van der Waals surface area contributed by atoms with Crippen molar-refractivity contribution in [3.8, 4) is 0 Å². The zero-order valence-corrected chi connectivity index (χ0v) is 6.76. The SMILES string of the molecule is O=C=Nc1ccc(CF)c(CF)c1. The molecule has 4 heteroatoms. The van der Waals surface area contributed by atoms with Gasteiger partial charge in [0.25, 0.3) is 0 Å². The molecule has 0 fully saturated rings. The zero-order chi connectivity index (χ0) is 9.68. The Hall–Kier alpha value is -1.54. The van der Waals surface area contributed by atoms with Crippen molar-refractivity contribution in [2.24, 2.45) is 4.99 Å². The van der Waals surface area contributed by atoms with Gasteiger partial charge in [0, 0.05) is 0 Å². The summed E-state index contributed by atoms with van der Waals surface area (Å²) in [5, 5.41) is 0. The molecule has 0 amide bonds. The Labute approximate surface area is 73.9 Å². The average molecular weight is 183 g/mol. The van der Waals surface area contributed by atoms with Crippen LogP contribution in [-0.2, 0) is 18.1 Å². The third kappa shape index (κ3) is 2.20. The predicted molar refractivity (Wildman–Crippen MR) is 43.8 cm³/mol. The molecule has 0 saturated carbocycles. The van der Waals surface area contributed by atoms with Crippen molar-refractivity contribution in [1.82, 2.24) is 0 Å². The molecule has 0 radical (unpaired) electrons. The van der Waals surface area contributed by atoms with E-state index in [1.165, 1.54) is 24.3 Å². The highest BCUT2D eigenvalue weighted by Crippen LogP contribution is 2.19. The van der Waals surface area contributed by atoms with Crippen molar-refractivity contribution in [1.29, 1.82) is 0 Å². The molecule has 0 unspecified atom stereocenters. The molecule has 0 aliphatic carbocycles. The van der Waals surface area contributed by atoms with Gasteiger partial charge in [-0.1, -0.05) is 6.07 Å². The number of aliphatic imine (C=N–C) groups is 1. The average Bonchev–Trinajstić information content (AvgIpc) is 2.18. The molecule has 13 heavy (non-hydrogen) atoms. The van der Waals surface area contributed by atoms with E-state index in [0.29, 0.717) is 5.69 Å². The van der Waals surface area contributed by atoms with Gasteiger partial charge < -0.3 is 0 Å². The lowest BCUT2D eigenvalue weighted by Gasteiger charge is -2.01. The molecule has 0 atom stereocenters. The summed E-state index contributed by atoms with van der Waals surface area (Å²) in [5.74, 6) is 0. The Morgan fingerprint density at radius 3 is 2.46 bits per heavy atom. The van der Waals surface area contributed by atoms with Crippen LogP contribution in [0.5, 0.6) is 0 Å². The minimum absolute atomic E-state index is 0.221. The van der Waals surface area contributed by atoms with Crippen LogP contribution in [0.4, 0.5) is 14.5 Å². The van der Waals surface area contributed by atoms with Crippen molar-refractivity contribution in [2.45, 2.75) is 13.3 Å². The highest BCUT2D eigenvalue weighted by atomic mass is 19.1. The molecule has 0 aliphatic heterocycles. The molecule has 0 N–H and O–H groups in total. The van der Waals surface area contributed by atoms with E-state index in [9.17, 15) is 13.6 Å². The molecule has 0 bridgehead atoms. The van der Waals surface area contributed by atoms with Crippen LogP contribution >= 0.6 is 0 Å². The molecule has 0 aromatic heterocycles. The number of benzene rings is 1. The molecule has 1 aromatic rings. The van der Waals surface area contributed by atoms with Gasteiger partial charge >= 0.3 is 0 Å². The summed E-state index contributed by atoms with van der Waals surface area (Å²) in [6.07, 6.45) is 1.33. The van der Waals surface area contributed by atoms with Crippen LogP contribution in [0.1, 0.15) is 11.1 Å². The normalized spacial score (nSPS) is 9.38. The first kappa shape index (κ1) is 9.55. The highest BCUT2D eigenvalue weighted by molar-refractivity contribution is 5.51. The van der Waals surface area contributed by atoms with Crippen LogP contribution in [0, 0.1) is 0 Å². The maximum Gasteiger partial charge on any atom is 0.240 e. The number of rotatable bonds is 3. The summed E-state index contributed by atoms with van der Waals surface area (Å²) in [6, 6.07) is 4.18. The van der Waals surface area contributed by atoms with Gasteiger partial charge in [0.05, 0.1) is 5.69 Å². The van der Waals surface area contributed by atoms with Crippen LogP contribution < -0.4 is 0 Å². The first-order valence-corrected chi connectivity index (χ1v) is 3.63. The maximum atomic E-state index is 12.3. The lowest BCUT2D eigenvalue weighted by molar-refractivity contribution is 0.454. The van der Waals surface area contributed by atoms with E-state index in [-0.39, 0.29) is 11.1 Å². The van der Waals surface area contributed by atoms with Gasteiger partial charge in [-0.15, -0.1) is 0 Å². The lowest BCUT2D eigenvalue weighted by atomic mass is 10.1. The van der Waals surface area contributed by atoms with Gasteiger partial charge in [-0.05, 0) is 23.3 Å². The van der Waals surface area contributed by atoms with E-state index in [1.807, 2.05) is 0 Å². The van der Waals surface area contributed by atoms with Gasteiger partial charge in [-0.25, -0.2) is 13.6 Å². The first-order valence-electron chi connectivity index (χ1n) is 3.63. The Morgan fingerprint density at radius 2 is 1.92 bits per heavy atom. The summed E-state index contributed by atoms with van der Waals surface area (Å²) in [6.45, 7) is -1.48. The second-order valence-corrected chi connectivity index (χ2v) is 2.42. The van der Waals surface area contributed by atoms with Gasteiger partial charge in [0.1, 0.15) is 13.3 Å². The Balaban J connectivity index is 3.12. The molecular weight excluding hydrogens is 176 g/mol. The number of isocyanates is 1. The standard InChI is InChI=1S/C9H7F2NO/c10-4-7-1-2-9(12-6-13)3-8(7)5-11/h1-3H,4-5H2. The molecule has 0 aliphatic rings. The molecule has 2 nitrogen and oxygen atoms in total. The minimum atomic E-state index is -0.762. The Kier molecular flexibility index (Phi) is 3.29. The molecular formula is C9H7F2NO. The van der Waals surface area contributed by atoms with Crippen molar-refractivity contribution < 1.29 is 13.6 Å². The third-order valence-electron chi connectivity index (χ3n) is 1.65. The van der Waals surface area contributed by atoms with Gasteiger partial charge in [-0.2, -0.15) is 4.99 Å². The molecule has 68 valence electrons. The van der Waals surface area contributed by atoms with Crippen molar-refractivity contribution in [3.63, 3.8) is 0 Å². The highest BCUT2D eigenvalue weighted by Gasteiger charge is 2.02. The monoisotopic (exact) mass is 183 g/mol. The zero-order valence-electron chi connectivity index (χ0n) is 6.76. The number of halogens is 2.